The number of nitrogens with zero attached hydrogens (tertiary/aromatic N) is 2. The van der Waals surface area contributed by atoms with Crippen molar-refractivity contribution in [1.82, 2.24) is 4.90 Å². The lowest BCUT2D eigenvalue weighted by molar-refractivity contribution is -0.130. The Morgan fingerprint density at radius 3 is 2.80 bits per heavy atom. The summed E-state index contributed by atoms with van der Waals surface area (Å²) in [4.78, 5) is 13.0. The molecule has 0 aromatic heterocycles. The van der Waals surface area contributed by atoms with E-state index < -0.39 is 11.6 Å². The molecule has 2 rings (SSSR count). The predicted molar refractivity (Wildman–Crippen MR) is 69.7 cm³/mol. The third-order valence-corrected chi connectivity index (χ3v) is 3.57. The molecule has 0 spiro atoms. The molecule has 0 bridgehead atoms. The Morgan fingerprint density at radius 1 is 1.45 bits per heavy atom. The van der Waals surface area contributed by atoms with Crippen LogP contribution in [0.4, 0.5) is 8.78 Å². The van der Waals surface area contributed by atoms with Gasteiger partial charge in [-0.1, -0.05) is 5.16 Å². The van der Waals surface area contributed by atoms with Crippen molar-refractivity contribution in [2.75, 3.05) is 13.1 Å². The Labute approximate surface area is 115 Å². The largest absolute Gasteiger partial charge is 0.411 e. The average Bonchev–Trinajstić information content (AvgIpc) is 2.42. The molecule has 0 unspecified atom stereocenters. The number of carbonyl (C=O) groups excluding carboxylic acids is 1. The smallest absolute Gasteiger partial charge is 0.219 e. The lowest BCUT2D eigenvalue weighted by Gasteiger charge is -2.32. The highest BCUT2D eigenvalue weighted by Crippen LogP contribution is 2.23. The maximum absolute atomic E-state index is 13.8. The van der Waals surface area contributed by atoms with Gasteiger partial charge >= 0.3 is 0 Å². The molecule has 0 radical (unpaired) electrons. The second-order valence-electron chi connectivity index (χ2n) is 4.91. The first-order valence-electron chi connectivity index (χ1n) is 6.45. The van der Waals surface area contributed by atoms with E-state index in [1.807, 2.05) is 0 Å². The minimum Gasteiger partial charge on any atom is -0.411 e. The highest BCUT2D eigenvalue weighted by atomic mass is 19.1. The van der Waals surface area contributed by atoms with Crippen molar-refractivity contribution >= 4 is 11.6 Å². The molecule has 1 aromatic carbocycles. The van der Waals surface area contributed by atoms with Crippen LogP contribution in [0.1, 0.15) is 25.3 Å². The molecule has 0 saturated carbocycles. The monoisotopic (exact) mass is 282 g/mol. The van der Waals surface area contributed by atoms with Gasteiger partial charge in [0.15, 0.2) is 0 Å². The SMILES string of the molecule is CC(=O)N1CCC[C@@H](/C(=N\O)c2ccc(F)cc2F)C1. The van der Waals surface area contributed by atoms with Crippen LogP contribution in [0.5, 0.6) is 0 Å². The van der Waals surface area contributed by atoms with Crippen LogP contribution in [-0.2, 0) is 4.79 Å². The van der Waals surface area contributed by atoms with E-state index in [0.29, 0.717) is 19.5 Å². The van der Waals surface area contributed by atoms with Gasteiger partial charge < -0.3 is 10.1 Å². The summed E-state index contributed by atoms with van der Waals surface area (Å²) >= 11 is 0. The van der Waals surface area contributed by atoms with Gasteiger partial charge in [-0.25, -0.2) is 8.78 Å². The van der Waals surface area contributed by atoms with Gasteiger partial charge in [0, 0.05) is 37.6 Å². The first-order valence-corrected chi connectivity index (χ1v) is 6.45. The number of piperidine rings is 1. The van der Waals surface area contributed by atoms with Crippen LogP contribution in [-0.4, -0.2) is 34.8 Å². The number of rotatable bonds is 2. The number of hydrogen-bond donors (Lipinski definition) is 1. The van der Waals surface area contributed by atoms with E-state index in [1.54, 1.807) is 4.90 Å². The Kier molecular flexibility index (Phi) is 4.32. The summed E-state index contributed by atoms with van der Waals surface area (Å²) < 4.78 is 26.7. The summed E-state index contributed by atoms with van der Waals surface area (Å²) in [6.07, 6.45) is 1.45. The number of amides is 1. The standard InChI is InChI=1S/C14H16F2N2O2/c1-9(19)18-6-2-3-10(8-18)14(17-20)12-5-4-11(15)7-13(12)16/h4-5,7,10,20H,2-3,6,8H2,1H3/b17-14+/t10-/m1/s1. The van der Waals surface area contributed by atoms with Crippen molar-refractivity contribution in [2.45, 2.75) is 19.8 Å². The minimum absolute atomic E-state index is 0.0634. The first kappa shape index (κ1) is 14.4. The van der Waals surface area contributed by atoms with Crippen molar-refractivity contribution in [3.8, 4) is 0 Å². The van der Waals surface area contributed by atoms with Gasteiger partial charge in [-0.05, 0) is 25.0 Å². The summed E-state index contributed by atoms with van der Waals surface area (Å²) in [5.74, 6) is -1.76. The highest BCUT2D eigenvalue weighted by Gasteiger charge is 2.28. The lowest BCUT2D eigenvalue weighted by atomic mass is 9.89. The summed E-state index contributed by atoms with van der Waals surface area (Å²) in [5, 5.41) is 12.4. The van der Waals surface area contributed by atoms with Crippen molar-refractivity contribution in [2.24, 2.45) is 11.1 Å². The lowest BCUT2D eigenvalue weighted by Crippen LogP contribution is -2.41. The zero-order valence-electron chi connectivity index (χ0n) is 11.1. The van der Waals surface area contributed by atoms with Crippen molar-refractivity contribution in [3.05, 3.63) is 35.4 Å². The van der Waals surface area contributed by atoms with Crippen LogP contribution in [0.25, 0.3) is 0 Å². The Hall–Kier alpha value is -1.98. The fourth-order valence-electron chi connectivity index (χ4n) is 2.54. The molecule has 1 atom stereocenters. The molecular weight excluding hydrogens is 266 g/mol. The van der Waals surface area contributed by atoms with E-state index in [1.165, 1.54) is 13.0 Å². The van der Waals surface area contributed by atoms with E-state index in [9.17, 15) is 18.8 Å². The third kappa shape index (κ3) is 2.95. The first-order chi connectivity index (χ1) is 9.52. The highest BCUT2D eigenvalue weighted by molar-refractivity contribution is 6.02. The average molecular weight is 282 g/mol. The summed E-state index contributed by atoms with van der Waals surface area (Å²) in [7, 11) is 0. The van der Waals surface area contributed by atoms with E-state index in [4.69, 9.17) is 0 Å². The van der Waals surface area contributed by atoms with Crippen molar-refractivity contribution in [1.29, 1.82) is 0 Å². The second kappa shape index (κ2) is 5.98. The molecule has 1 N–H and O–H groups in total. The van der Waals surface area contributed by atoms with Crippen LogP contribution in [0, 0.1) is 17.6 Å². The van der Waals surface area contributed by atoms with Gasteiger partial charge in [-0.2, -0.15) is 0 Å². The van der Waals surface area contributed by atoms with Crippen molar-refractivity contribution in [3.63, 3.8) is 0 Å². The van der Waals surface area contributed by atoms with E-state index in [0.717, 1.165) is 18.6 Å². The third-order valence-electron chi connectivity index (χ3n) is 3.57. The Balaban J connectivity index is 2.26. The Bertz CT molecular complexity index is 546. The molecular formula is C14H16F2N2O2. The van der Waals surface area contributed by atoms with Crippen molar-refractivity contribution < 1.29 is 18.8 Å². The molecule has 1 aliphatic heterocycles. The minimum atomic E-state index is -0.766. The number of halogens is 2. The van der Waals surface area contributed by atoms with E-state index in [2.05, 4.69) is 5.16 Å². The zero-order valence-corrected chi connectivity index (χ0v) is 11.1. The van der Waals surface area contributed by atoms with Gasteiger partial charge in [0.1, 0.15) is 11.6 Å². The van der Waals surface area contributed by atoms with Crippen LogP contribution < -0.4 is 0 Å². The van der Waals surface area contributed by atoms with Gasteiger partial charge in [0.2, 0.25) is 5.91 Å². The van der Waals surface area contributed by atoms with Crippen LogP contribution in [0.3, 0.4) is 0 Å². The summed E-state index contributed by atoms with van der Waals surface area (Å²) in [5.41, 5.74) is 0.234. The topological polar surface area (TPSA) is 52.9 Å². The fraction of sp³-hybridized carbons (Fsp3) is 0.429. The molecule has 1 aliphatic rings. The zero-order chi connectivity index (χ0) is 14.7. The molecule has 20 heavy (non-hydrogen) atoms. The number of likely N-dealkylation sites (tertiary alicyclic amines) is 1. The maximum atomic E-state index is 13.8. The summed E-state index contributed by atoms with van der Waals surface area (Å²) in [6, 6.07) is 3.13. The number of hydrogen-bond acceptors (Lipinski definition) is 3. The fourth-order valence-corrected chi connectivity index (χ4v) is 2.54. The molecule has 1 saturated heterocycles. The number of benzene rings is 1. The van der Waals surface area contributed by atoms with Crippen LogP contribution in [0.15, 0.2) is 23.4 Å². The number of oxime groups is 1. The predicted octanol–water partition coefficient (Wildman–Crippen LogP) is 2.40. The maximum Gasteiger partial charge on any atom is 0.219 e. The Morgan fingerprint density at radius 2 is 2.20 bits per heavy atom. The molecule has 108 valence electrons. The molecule has 1 heterocycles. The quantitative estimate of drug-likeness (QED) is 0.514. The molecule has 6 heteroatoms. The summed E-state index contributed by atoms with van der Waals surface area (Å²) in [6.45, 7) is 2.50. The second-order valence-corrected chi connectivity index (χ2v) is 4.91. The van der Waals surface area contributed by atoms with Gasteiger partial charge in [0.05, 0.1) is 5.71 Å². The molecule has 0 aliphatic carbocycles. The van der Waals surface area contributed by atoms with Crippen LogP contribution >= 0.6 is 0 Å². The molecule has 1 amide bonds. The van der Waals surface area contributed by atoms with Gasteiger partial charge in [-0.3, -0.25) is 4.79 Å². The van der Waals surface area contributed by atoms with Gasteiger partial charge in [0.25, 0.3) is 0 Å². The van der Waals surface area contributed by atoms with E-state index >= 15 is 0 Å². The number of carbonyl (C=O) groups is 1. The van der Waals surface area contributed by atoms with E-state index in [-0.39, 0.29) is 23.1 Å². The molecule has 1 aromatic rings. The van der Waals surface area contributed by atoms with Crippen LogP contribution in [0.2, 0.25) is 0 Å². The molecule has 1 fully saturated rings. The normalized spacial score (nSPS) is 20.1. The van der Waals surface area contributed by atoms with Gasteiger partial charge in [-0.15, -0.1) is 0 Å². The molecule has 4 nitrogen and oxygen atoms in total.